The fourth-order valence-corrected chi connectivity index (χ4v) is 5.60. The highest BCUT2D eigenvalue weighted by Crippen LogP contribution is 2.35. The molecule has 210 valence electrons. The zero-order valence-corrected chi connectivity index (χ0v) is 23.8. The molecule has 9 nitrogen and oxygen atoms in total. The van der Waals surface area contributed by atoms with Crippen LogP contribution in [0, 0.1) is 17.5 Å². The standard InChI is InChI=1S/C30H29FN6O3S/c1-19-12-20(14-28(38)36-21-16-35-37(18-21)30(2,3)4)13-25(31)29(19)40-27-9-11-34-26-8-7-22(15-24(26)27)41(32,39)23-6-5-10-33-17-23/h5-13,15-18,32H,14H2,1-4H3,(H,36,38). The molecular weight excluding hydrogens is 543 g/mol. The summed E-state index contributed by atoms with van der Waals surface area (Å²) >= 11 is 0. The van der Waals surface area contributed by atoms with E-state index in [1.165, 1.54) is 18.5 Å². The maximum Gasteiger partial charge on any atom is 0.228 e. The number of carbonyl (C=O) groups is 1. The van der Waals surface area contributed by atoms with Crippen LogP contribution in [-0.4, -0.2) is 29.9 Å². The zero-order chi connectivity index (χ0) is 29.4. The predicted octanol–water partition coefficient (Wildman–Crippen LogP) is 6.47. The molecule has 2 aromatic carbocycles. The van der Waals surface area contributed by atoms with Crippen molar-refractivity contribution in [3.63, 3.8) is 0 Å². The van der Waals surface area contributed by atoms with Crippen LogP contribution in [0.3, 0.4) is 0 Å². The van der Waals surface area contributed by atoms with Crippen molar-refractivity contribution in [3.8, 4) is 11.5 Å². The third-order valence-corrected chi connectivity index (χ3v) is 8.21. The number of anilines is 1. The number of pyridine rings is 2. The Balaban J connectivity index is 1.38. The van der Waals surface area contributed by atoms with Gasteiger partial charge in [-0.2, -0.15) is 5.10 Å². The number of halogens is 1. The number of aryl methyl sites for hydroxylation is 1. The molecule has 0 aliphatic carbocycles. The highest BCUT2D eigenvalue weighted by atomic mass is 32.2. The fraction of sp³-hybridized carbons (Fsp3) is 0.200. The van der Waals surface area contributed by atoms with Crippen molar-refractivity contribution in [3.05, 3.63) is 96.5 Å². The molecule has 0 saturated heterocycles. The molecule has 1 unspecified atom stereocenters. The molecule has 0 fully saturated rings. The predicted molar refractivity (Wildman–Crippen MR) is 154 cm³/mol. The lowest BCUT2D eigenvalue weighted by atomic mass is 10.1. The number of hydrogen-bond donors (Lipinski definition) is 2. The van der Waals surface area contributed by atoms with E-state index in [1.807, 2.05) is 20.8 Å². The molecule has 0 saturated carbocycles. The Morgan fingerprint density at radius 2 is 1.90 bits per heavy atom. The van der Waals surface area contributed by atoms with Gasteiger partial charge in [-0.1, -0.05) is 6.07 Å². The van der Waals surface area contributed by atoms with E-state index in [-0.39, 0.29) is 33.4 Å². The number of amides is 1. The molecule has 11 heteroatoms. The van der Waals surface area contributed by atoms with Gasteiger partial charge in [-0.25, -0.2) is 13.4 Å². The van der Waals surface area contributed by atoms with E-state index >= 15 is 4.39 Å². The number of ether oxygens (including phenoxy) is 1. The molecule has 1 atom stereocenters. The van der Waals surface area contributed by atoms with E-state index in [0.29, 0.717) is 33.5 Å². The maximum atomic E-state index is 15.3. The second-order valence-electron chi connectivity index (χ2n) is 10.6. The Bertz CT molecular complexity index is 1840. The lowest BCUT2D eigenvalue weighted by molar-refractivity contribution is -0.115. The van der Waals surface area contributed by atoms with Gasteiger partial charge < -0.3 is 10.1 Å². The van der Waals surface area contributed by atoms with E-state index in [0.717, 1.165) is 0 Å². The van der Waals surface area contributed by atoms with Crippen LogP contribution in [0.25, 0.3) is 10.9 Å². The Hall–Kier alpha value is -4.64. The number of nitrogens with one attached hydrogen (secondary N) is 2. The lowest BCUT2D eigenvalue weighted by Crippen LogP contribution is -2.22. The van der Waals surface area contributed by atoms with Gasteiger partial charge in [-0.15, -0.1) is 0 Å². The first-order valence-electron chi connectivity index (χ1n) is 12.8. The van der Waals surface area contributed by atoms with Crippen LogP contribution in [0.4, 0.5) is 10.1 Å². The minimum Gasteiger partial charge on any atom is -0.453 e. The lowest BCUT2D eigenvalue weighted by Gasteiger charge is -2.18. The van der Waals surface area contributed by atoms with Gasteiger partial charge in [0.05, 0.1) is 39.2 Å². The highest BCUT2D eigenvalue weighted by Gasteiger charge is 2.19. The minimum absolute atomic E-state index is 0.00242. The average molecular weight is 573 g/mol. The van der Waals surface area contributed by atoms with Gasteiger partial charge in [-0.05, 0) is 81.3 Å². The van der Waals surface area contributed by atoms with Crippen LogP contribution < -0.4 is 10.1 Å². The topological polar surface area (TPSA) is 123 Å². The summed E-state index contributed by atoms with van der Waals surface area (Å²) in [5, 5.41) is 7.55. The summed E-state index contributed by atoms with van der Waals surface area (Å²) in [5.74, 6) is -0.640. The van der Waals surface area contributed by atoms with E-state index in [4.69, 9.17) is 9.52 Å². The molecule has 0 aliphatic heterocycles. The second kappa shape index (κ2) is 10.7. The fourth-order valence-electron chi connectivity index (χ4n) is 4.31. The SMILES string of the molecule is Cc1cc(CC(=O)Nc2cnn(C(C)(C)C)c2)cc(F)c1Oc1ccnc2ccc(S(=N)(=O)c3cccnc3)cc12. The Morgan fingerprint density at radius 3 is 2.59 bits per heavy atom. The van der Waals surface area contributed by atoms with Gasteiger partial charge in [-0.3, -0.25) is 19.4 Å². The second-order valence-corrected chi connectivity index (χ2v) is 12.7. The van der Waals surface area contributed by atoms with Gasteiger partial charge in [0.2, 0.25) is 5.91 Å². The van der Waals surface area contributed by atoms with Crippen LogP contribution in [0.5, 0.6) is 11.5 Å². The summed E-state index contributed by atoms with van der Waals surface area (Å²) in [6, 6.07) is 12.6. The van der Waals surface area contributed by atoms with E-state index in [2.05, 4.69) is 20.4 Å². The smallest absolute Gasteiger partial charge is 0.228 e. The summed E-state index contributed by atoms with van der Waals surface area (Å²) in [6.45, 7) is 7.71. The van der Waals surface area contributed by atoms with Crippen molar-refractivity contribution < 1.29 is 18.1 Å². The minimum atomic E-state index is -3.35. The average Bonchev–Trinajstić information content (AvgIpc) is 3.40. The van der Waals surface area contributed by atoms with Crippen molar-refractivity contribution in [2.75, 3.05) is 5.32 Å². The van der Waals surface area contributed by atoms with Crippen molar-refractivity contribution in [1.29, 1.82) is 4.78 Å². The summed E-state index contributed by atoms with van der Waals surface area (Å²) in [5.41, 5.74) is 1.86. The number of benzene rings is 2. The zero-order valence-electron chi connectivity index (χ0n) is 23.0. The monoisotopic (exact) mass is 572 g/mol. The molecule has 0 aliphatic rings. The van der Waals surface area contributed by atoms with Gasteiger partial charge in [0.1, 0.15) is 15.5 Å². The molecule has 0 radical (unpaired) electrons. The first-order valence-corrected chi connectivity index (χ1v) is 14.4. The van der Waals surface area contributed by atoms with E-state index in [9.17, 15) is 9.00 Å². The maximum absolute atomic E-state index is 15.3. The number of fused-ring (bicyclic) bond motifs is 1. The van der Waals surface area contributed by atoms with Crippen molar-refractivity contribution >= 4 is 32.2 Å². The van der Waals surface area contributed by atoms with Gasteiger partial charge in [0.15, 0.2) is 11.6 Å². The van der Waals surface area contributed by atoms with E-state index in [1.54, 1.807) is 72.7 Å². The van der Waals surface area contributed by atoms with Crippen LogP contribution in [0.1, 0.15) is 31.9 Å². The summed E-state index contributed by atoms with van der Waals surface area (Å²) in [4.78, 5) is 21.5. The van der Waals surface area contributed by atoms with Crippen molar-refractivity contribution in [2.24, 2.45) is 0 Å². The summed E-state index contributed by atoms with van der Waals surface area (Å²) in [7, 11) is -3.35. The molecule has 41 heavy (non-hydrogen) atoms. The normalized spacial score (nSPS) is 13.1. The number of rotatable bonds is 7. The number of nitrogens with zero attached hydrogens (tertiary/aromatic N) is 4. The van der Waals surface area contributed by atoms with Gasteiger partial charge in [0.25, 0.3) is 0 Å². The molecule has 3 aromatic heterocycles. The molecule has 5 rings (SSSR count). The van der Waals surface area contributed by atoms with Gasteiger partial charge in [0, 0.05) is 30.2 Å². The third-order valence-electron chi connectivity index (χ3n) is 6.39. The Kier molecular flexibility index (Phi) is 7.31. The van der Waals surface area contributed by atoms with Gasteiger partial charge >= 0.3 is 0 Å². The third kappa shape index (κ3) is 5.94. The summed E-state index contributed by atoms with van der Waals surface area (Å²) in [6.07, 6.45) is 7.77. The number of carbonyl (C=O) groups excluding carboxylic acids is 1. The van der Waals surface area contributed by atoms with Crippen LogP contribution in [0.15, 0.2) is 89.3 Å². The van der Waals surface area contributed by atoms with Crippen molar-refractivity contribution in [1.82, 2.24) is 19.7 Å². The van der Waals surface area contributed by atoms with Crippen molar-refractivity contribution in [2.45, 2.75) is 49.4 Å². The first-order chi connectivity index (χ1) is 19.4. The number of aromatic nitrogens is 4. The molecule has 1 amide bonds. The highest BCUT2D eigenvalue weighted by molar-refractivity contribution is 7.92. The molecular formula is C30H29FN6O3S. The first kappa shape index (κ1) is 27.9. The largest absolute Gasteiger partial charge is 0.453 e. The van der Waals surface area contributed by atoms with Crippen LogP contribution >= 0.6 is 0 Å². The molecule has 3 heterocycles. The van der Waals surface area contributed by atoms with Crippen LogP contribution in [-0.2, 0) is 26.5 Å². The van der Waals surface area contributed by atoms with Crippen LogP contribution in [0.2, 0.25) is 0 Å². The molecule has 0 bridgehead atoms. The Labute approximate surface area is 237 Å². The molecule has 5 aromatic rings. The summed E-state index contributed by atoms with van der Waals surface area (Å²) < 4.78 is 45.0. The molecule has 0 spiro atoms. The van der Waals surface area contributed by atoms with E-state index < -0.39 is 15.5 Å². The Morgan fingerprint density at radius 1 is 1.10 bits per heavy atom. The number of hydrogen-bond acceptors (Lipinski definition) is 7. The quantitative estimate of drug-likeness (QED) is 0.231. The molecule has 2 N–H and O–H groups in total.